The summed E-state index contributed by atoms with van der Waals surface area (Å²) >= 11 is 0. The smallest absolute Gasteiger partial charge is 0.407 e. The number of ether oxygens (including phenoxy) is 1. The molecule has 0 aromatic heterocycles. The van der Waals surface area contributed by atoms with Crippen LogP contribution in [0, 0.1) is 0 Å². The van der Waals surface area contributed by atoms with E-state index in [1.807, 2.05) is 37.3 Å². The molecule has 1 N–H and O–H groups in total. The number of hydrogen-bond donors (Lipinski definition) is 1. The van der Waals surface area contributed by atoms with Crippen LogP contribution >= 0.6 is 10.7 Å². The molecule has 0 saturated heterocycles. The Hall–Kier alpha value is -1.27. The summed E-state index contributed by atoms with van der Waals surface area (Å²) in [5.41, 5.74) is 0.924. The van der Waals surface area contributed by atoms with E-state index in [4.69, 9.17) is 15.4 Å². The minimum Gasteiger partial charge on any atom is -0.445 e. The van der Waals surface area contributed by atoms with Gasteiger partial charge in [0.25, 0.3) is 0 Å². The van der Waals surface area contributed by atoms with Gasteiger partial charge in [-0.25, -0.2) is 13.2 Å². The summed E-state index contributed by atoms with van der Waals surface area (Å²) in [5, 5.41) is 2.70. The first-order valence-corrected chi connectivity index (χ1v) is 9.24. The van der Waals surface area contributed by atoms with Crippen molar-refractivity contribution in [2.45, 2.75) is 38.8 Å². The monoisotopic (exact) mass is 333 g/mol. The van der Waals surface area contributed by atoms with Crippen molar-refractivity contribution in [1.82, 2.24) is 5.32 Å². The second-order valence-corrected chi connectivity index (χ2v) is 7.74. The molecule has 0 spiro atoms. The van der Waals surface area contributed by atoms with E-state index in [1.54, 1.807) is 0 Å². The molecule has 0 aliphatic heterocycles. The molecule has 1 unspecified atom stereocenters. The van der Waals surface area contributed by atoms with Gasteiger partial charge in [0.1, 0.15) is 6.61 Å². The maximum atomic E-state index is 11.6. The van der Waals surface area contributed by atoms with E-state index in [0.717, 1.165) is 5.56 Å². The summed E-state index contributed by atoms with van der Waals surface area (Å²) in [6, 6.07) is 9.33. The Labute approximate surface area is 130 Å². The molecule has 1 atom stereocenters. The summed E-state index contributed by atoms with van der Waals surface area (Å²) < 4.78 is 26.6. The van der Waals surface area contributed by atoms with Crippen LogP contribution in [0.15, 0.2) is 30.3 Å². The van der Waals surface area contributed by atoms with Crippen LogP contribution in [0.2, 0.25) is 0 Å². The van der Waals surface area contributed by atoms with Crippen molar-refractivity contribution in [3.63, 3.8) is 0 Å². The number of alkyl carbamates (subject to hydrolysis) is 1. The van der Waals surface area contributed by atoms with E-state index in [1.165, 1.54) is 0 Å². The molecule has 0 bridgehead atoms. The fourth-order valence-electron chi connectivity index (χ4n) is 1.76. The van der Waals surface area contributed by atoms with Gasteiger partial charge in [-0.15, -0.1) is 0 Å². The second-order valence-electron chi connectivity index (χ2n) is 4.85. The van der Waals surface area contributed by atoms with Crippen molar-refractivity contribution in [3.8, 4) is 0 Å². The molecular weight excluding hydrogens is 314 g/mol. The summed E-state index contributed by atoms with van der Waals surface area (Å²) in [7, 11) is 1.69. The highest BCUT2D eigenvalue weighted by atomic mass is 35.7. The van der Waals surface area contributed by atoms with Gasteiger partial charge in [-0.3, -0.25) is 0 Å². The lowest BCUT2D eigenvalue weighted by Gasteiger charge is -2.13. The second kappa shape index (κ2) is 8.89. The van der Waals surface area contributed by atoms with Gasteiger partial charge in [-0.1, -0.05) is 36.8 Å². The van der Waals surface area contributed by atoms with E-state index in [-0.39, 0.29) is 18.4 Å². The molecule has 7 heteroatoms. The predicted molar refractivity (Wildman–Crippen MR) is 82.7 cm³/mol. The van der Waals surface area contributed by atoms with Crippen molar-refractivity contribution in [3.05, 3.63) is 35.9 Å². The number of unbranched alkanes of at least 4 members (excludes halogenated alkanes) is 1. The van der Waals surface area contributed by atoms with E-state index >= 15 is 0 Å². The number of rotatable bonds is 8. The van der Waals surface area contributed by atoms with Crippen molar-refractivity contribution in [1.29, 1.82) is 0 Å². The van der Waals surface area contributed by atoms with Crippen LogP contribution in [0.3, 0.4) is 0 Å². The quantitative estimate of drug-likeness (QED) is 0.586. The average Bonchev–Trinajstić information content (AvgIpc) is 2.41. The molecule has 0 radical (unpaired) electrons. The van der Waals surface area contributed by atoms with Gasteiger partial charge in [-0.05, 0) is 25.3 Å². The Bertz CT molecular complexity index is 533. The van der Waals surface area contributed by atoms with Crippen LogP contribution in [0.1, 0.15) is 31.7 Å². The first kappa shape index (κ1) is 17.8. The van der Waals surface area contributed by atoms with Gasteiger partial charge >= 0.3 is 6.09 Å². The normalized spacial score (nSPS) is 12.7. The maximum absolute atomic E-state index is 11.6. The highest BCUT2D eigenvalue weighted by Gasteiger charge is 2.10. The molecule has 0 heterocycles. The molecule has 118 valence electrons. The Balaban J connectivity index is 2.16. The van der Waals surface area contributed by atoms with Crippen LogP contribution in [0.5, 0.6) is 0 Å². The van der Waals surface area contributed by atoms with Gasteiger partial charge in [0, 0.05) is 16.7 Å². The molecule has 0 fully saturated rings. The fourth-order valence-corrected chi connectivity index (χ4v) is 2.64. The van der Waals surface area contributed by atoms with Gasteiger partial charge in [0.05, 0.1) is 5.75 Å². The van der Waals surface area contributed by atoms with Gasteiger partial charge in [0.2, 0.25) is 9.05 Å². The zero-order chi connectivity index (χ0) is 15.7. The summed E-state index contributed by atoms with van der Waals surface area (Å²) in [6.45, 7) is 2.07. The number of nitrogens with one attached hydrogen (secondary N) is 1. The highest BCUT2D eigenvalue weighted by Crippen LogP contribution is 2.06. The summed E-state index contributed by atoms with van der Waals surface area (Å²) in [6.07, 6.45) is 1.35. The Morgan fingerprint density at radius 3 is 2.57 bits per heavy atom. The number of halogens is 1. The van der Waals surface area contributed by atoms with E-state index in [2.05, 4.69) is 5.32 Å². The third-order valence-corrected chi connectivity index (χ3v) is 4.09. The predicted octanol–water partition coefficient (Wildman–Crippen LogP) is 3.04. The largest absolute Gasteiger partial charge is 0.445 e. The minimum absolute atomic E-state index is 0.0419. The number of benzene rings is 1. The maximum Gasteiger partial charge on any atom is 0.407 e. The van der Waals surface area contributed by atoms with Crippen LogP contribution in [-0.2, 0) is 20.4 Å². The van der Waals surface area contributed by atoms with E-state index in [0.29, 0.717) is 19.3 Å². The number of carbonyl (C=O) groups is 1. The number of carbonyl (C=O) groups excluding carboxylic acids is 1. The average molecular weight is 334 g/mol. The lowest BCUT2D eigenvalue weighted by Crippen LogP contribution is -2.32. The molecule has 1 rings (SSSR count). The zero-order valence-corrected chi connectivity index (χ0v) is 13.5. The Morgan fingerprint density at radius 1 is 1.29 bits per heavy atom. The van der Waals surface area contributed by atoms with Crippen molar-refractivity contribution >= 4 is 25.8 Å². The van der Waals surface area contributed by atoms with Crippen LogP contribution in [0.25, 0.3) is 0 Å². The molecule has 0 aliphatic carbocycles. The van der Waals surface area contributed by atoms with Gasteiger partial charge in [0.15, 0.2) is 0 Å². The highest BCUT2D eigenvalue weighted by molar-refractivity contribution is 8.13. The zero-order valence-electron chi connectivity index (χ0n) is 11.9. The molecule has 0 aliphatic rings. The Morgan fingerprint density at radius 2 is 1.95 bits per heavy atom. The SMILES string of the molecule is CC(CCCCS(=O)(=O)Cl)NC(=O)OCc1ccccc1. The first-order chi connectivity index (χ1) is 9.87. The lowest BCUT2D eigenvalue weighted by atomic mass is 10.1. The first-order valence-electron chi connectivity index (χ1n) is 6.76. The van der Waals surface area contributed by atoms with Crippen LogP contribution < -0.4 is 5.32 Å². The third kappa shape index (κ3) is 9.31. The molecule has 5 nitrogen and oxygen atoms in total. The number of hydrogen-bond acceptors (Lipinski definition) is 4. The molecular formula is C14H20ClNO4S. The summed E-state index contributed by atoms with van der Waals surface area (Å²) in [4.78, 5) is 11.6. The molecule has 1 amide bonds. The fraction of sp³-hybridized carbons (Fsp3) is 0.500. The lowest BCUT2D eigenvalue weighted by molar-refractivity contribution is 0.136. The molecule has 21 heavy (non-hydrogen) atoms. The van der Waals surface area contributed by atoms with Crippen LogP contribution in [-0.4, -0.2) is 26.3 Å². The van der Waals surface area contributed by atoms with Crippen molar-refractivity contribution in [2.24, 2.45) is 0 Å². The summed E-state index contributed by atoms with van der Waals surface area (Å²) in [5.74, 6) is -0.0419. The number of amides is 1. The molecule has 1 aromatic carbocycles. The van der Waals surface area contributed by atoms with E-state index in [9.17, 15) is 13.2 Å². The van der Waals surface area contributed by atoms with Crippen molar-refractivity contribution < 1.29 is 17.9 Å². The van der Waals surface area contributed by atoms with Crippen molar-refractivity contribution in [2.75, 3.05) is 5.75 Å². The standard InChI is InChI=1S/C14H20ClNO4S/c1-12(7-5-6-10-21(15,18)19)16-14(17)20-11-13-8-3-2-4-9-13/h2-4,8-9,12H,5-7,10-11H2,1H3,(H,16,17). The van der Waals surface area contributed by atoms with Gasteiger partial charge in [-0.2, -0.15) is 0 Å². The topological polar surface area (TPSA) is 72.5 Å². The van der Waals surface area contributed by atoms with E-state index < -0.39 is 15.1 Å². The molecule has 0 saturated carbocycles. The van der Waals surface area contributed by atoms with Gasteiger partial charge < -0.3 is 10.1 Å². The minimum atomic E-state index is -3.42. The molecule has 1 aromatic rings. The van der Waals surface area contributed by atoms with Crippen LogP contribution in [0.4, 0.5) is 4.79 Å². The Kier molecular flexibility index (Phi) is 7.53. The third-order valence-electron chi connectivity index (χ3n) is 2.85.